The Labute approximate surface area is 148 Å². The maximum absolute atomic E-state index is 13.8. The molecule has 0 saturated carbocycles. The van der Waals surface area contributed by atoms with Gasteiger partial charge in [0.2, 0.25) is 0 Å². The second-order valence-electron chi connectivity index (χ2n) is 6.25. The molecule has 136 valence electrons. The molecule has 1 aliphatic heterocycles. The average molecular weight is 358 g/mol. The van der Waals surface area contributed by atoms with E-state index in [1.807, 2.05) is 11.8 Å². The van der Waals surface area contributed by atoms with E-state index in [1.165, 1.54) is 18.5 Å². The average Bonchev–Trinajstić information content (AvgIpc) is 3.23. The van der Waals surface area contributed by atoms with Crippen molar-refractivity contribution in [3.63, 3.8) is 0 Å². The van der Waals surface area contributed by atoms with Crippen LogP contribution in [0.25, 0.3) is 10.9 Å². The molecule has 26 heavy (non-hydrogen) atoms. The Morgan fingerprint density at radius 3 is 3.00 bits per heavy atom. The van der Waals surface area contributed by atoms with Gasteiger partial charge in [0.05, 0.1) is 17.7 Å². The van der Waals surface area contributed by atoms with Crippen molar-refractivity contribution >= 4 is 16.7 Å². The van der Waals surface area contributed by atoms with Crippen LogP contribution in [0.1, 0.15) is 25.2 Å². The lowest BCUT2D eigenvalue weighted by Gasteiger charge is -2.25. The van der Waals surface area contributed by atoms with Gasteiger partial charge in [-0.25, -0.2) is 24.3 Å². The summed E-state index contributed by atoms with van der Waals surface area (Å²) in [4.78, 5) is 22.6. The van der Waals surface area contributed by atoms with E-state index in [0.717, 1.165) is 0 Å². The lowest BCUT2D eigenvalue weighted by molar-refractivity contribution is 0.118. The maximum atomic E-state index is 13.8. The van der Waals surface area contributed by atoms with Gasteiger partial charge in [-0.2, -0.15) is 5.10 Å². The summed E-state index contributed by atoms with van der Waals surface area (Å²) in [6.07, 6.45) is 2.07. The fraction of sp³-hybridized carbons (Fsp3) is 0.412. The summed E-state index contributed by atoms with van der Waals surface area (Å²) in [6, 6.07) is 4.23. The van der Waals surface area contributed by atoms with E-state index in [2.05, 4.69) is 20.2 Å². The van der Waals surface area contributed by atoms with Gasteiger partial charge in [0.1, 0.15) is 18.0 Å². The number of hydrogen-bond acceptors (Lipinski definition) is 6. The van der Waals surface area contributed by atoms with E-state index in [0.29, 0.717) is 42.1 Å². The Hall–Kier alpha value is -2.81. The van der Waals surface area contributed by atoms with Gasteiger partial charge in [0, 0.05) is 32.0 Å². The van der Waals surface area contributed by atoms with Crippen molar-refractivity contribution in [3.8, 4) is 0 Å². The number of fused-ring (bicyclic) bond motifs is 1. The molecule has 0 aliphatic carbocycles. The molecule has 0 radical (unpaired) electrons. The molecule has 0 bridgehead atoms. The third-order valence-corrected chi connectivity index (χ3v) is 4.85. The molecule has 3 heterocycles. The zero-order valence-corrected chi connectivity index (χ0v) is 14.5. The standard InChI is InChI=1S/C17H19FN6O2/c1-3-23-16(21-22-17(23)25)14-7-11(26-2)8-24(14)15-12-6-10(18)4-5-13(12)19-9-20-15/h4-6,9,11,14H,3,7-8H2,1-2H3,(H,22,25)/t11-,14-/m0/s1. The topological polar surface area (TPSA) is 88.9 Å². The first kappa shape index (κ1) is 16.6. The highest BCUT2D eigenvalue weighted by molar-refractivity contribution is 5.89. The number of hydrogen-bond donors (Lipinski definition) is 1. The zero-order valence-electron chi connectivity index (χ0n) is 14.5. The predicted molar refractivity (Wildman–Crippen MR) is 93.5 cm³/mol. The minimum absolute atomic E-state index is 0.0457. The van der Waals surface area contributed by atoms with Crippen molar-refractivity contribution < 1.29 is 9.13 Å². The van der Waals surface area contributed by atoms with Crippen LogP contribution in [-0.4, -0.2) is 44.5 Å². The minimum Gasteiger partial charge on any atom is -0.380 e. The van der Waals surface area contributed by atoms with Crippen LogP contribution < -0.4 is 10.6 Å². The Bertz CT molecular complexity index is 1000. The molecule has 8 nitrogen and oxygen atoms in total. The Morgan fingerprint density at radius 1 is 1.38 bits per heavy atom. The van der Waals surface area contributed by atoms with Gasteiger partial charge >= 0.3 is 5.69 Å². The first-order valence-electron chi connectivity index (χ1n) is 8.47. The van der Waals surface area contributed by atoms with Gasteiger partial charge < -0.3 is 9.64 Å². The van der Waals surface area contributed by atoms with Crippen LogP contribution in [0.2, 0.25) is 0 Å². The summed E-state index contributed by atoms with van der Waals surface area (Å²) in [6.45, 7) is 2.96. The Morgan fingerprint density at radius 2 is 2.23 bits per heavy atom. The molecule has 1 N–H and O–H groups in total. The molecule has 4 rings (SSSR count). The Balaban J connectivity index is 1.86. The van der Waals surface area contributed by atoms with Gasteiger partial charge in [-0.1, -0.05) is 0 Å². The summed E-state index contributed by atoms with van der Waals surface area (Å²) in [5.74, 6) is 0.884. The summed E-state index contributed by atoms with van der Waals surface area (Å²) < 4.78 is 21.0. The van der Waals surface area contributed by atoms with E-state index in [9.17, 15) is 9.18 Å². The lowest BCUT2D eigenvalue weighted by atomic mass is 10.1. The molecule has 1 saturated heterocycles. The summed E-state index contributed by atoms with van der Waals surface area (Å²) in [5.41, 5.74) is 0.410. The number of anilines is 1. The monoisotopic (exact) mass is 358 g/mol. The molecule has 0 unspecified atom stereocenters. The molecule has 1 fully saturated rings. The van der Waals surface area contributed by atoms with Crippen LogP contribution in [0.15, 0.2) is 29.3 Å². The van der Waals surface area contributed by atoms with Gasteiger partial charge in [-0.3, -0.25) is 4.57 Å². The number of ether oxygens (including phenoxy) is 1. The van der Waals surface area contributed by atoms with Crippen molar-refractivity contribution in [2.45, 2.75) is 32.0 Å². The van der Waals surface area contributed by atoms with Crippen LogP contribution in [0, 0.1) is 5.82 Å². The largest absolute Gasteiger partial charge is 0.380 e. The van der Waals surface area contributed by atoms with Crippen LogP contribution in [-0.2, 0) is 11.3 Å². The second-order valence-corrected chi connectivity index (χ2v) is 6.25. The molecule has 2 atom stereocenters. The second kappa shape index (κ2) is 6.49. The smallest absolute Gasteiger partial charge is 0.343 e. The third kappa shape index (κ3) is 2.64. The normalized spacial score (nSPS) is 20.2. The fourth-order valence-corrected chi connectivity index (χ4v) is 3.58. The first-order valence-corrected chi connectivity index (χ1v) is 8.47. The highest BCUT2D eigenvalue weighted by Gasteiger charge is 2.38. The third-order valence-electron chi connectivity index (χ3n) is 4.85. The van der Waals surface area contributed by atoms with Crippen LogP contribution in [0.4, 0.5) is 10.2 Å². The summed E-state index contributed by atoms with van der Waals surface area (Å²) >= 11 is 0. The van der Waals surface area contributed by atoms with Crippen molar-refractivity contribution in [3.05, 3.63) is 46.7 Å². The molecule has 3 aromatic rings. The van der Waals surface area contributed by atoms with Crippen molar-refractivity contribution in [1.29, 1.82) is 0 Å². The number of nitrogens with one attached hydrogen (secondary N) is 1. The SMILES string of the molecule is CCn1c([C@@H]2C[C@H](OC)CN2c2ncnc3ccc(F)cc23)n[nH]c1=O. The molecular formula is C17H19FN6O2. The van der Waals surface area contributed by atoms with Crippen LogP contribution in [0.5, 0.6) is 0 Å². The quantitative estimate of drug-likeness (QED) is 0.763. The molecule has 9 heteroatoms. The molecule has 1 aliphatic rings. The van der Waals surface area contributed by atoms with E-state index in [4.69, 9.17) is 4.74 Å². The van der Waals surface area contributed by atoms with Crippen LogP contribution >= 0.6 is 0 Å². The number of rotatable bonds is 4. The highest BCUT2D eigenvalue weighted by Crippen LogP contribution is 2.37. The predicted octanol–water partition coefficient (Wildman–Crippen LogP) is 1.64. The van der Waals surface area contributed by atoms with E-state index in [-0.39, 0.29) is 23.7 Å². The van der Waals surface area contributed by atoms with Crippen LogP contribution in [0.3, 0.4) is 0 Å². The van der Waals surface area contributed by atoms with Crippen molar-refractivity contribution in [1.82, 2.24) is 24.7 Å². The highest BCUT2D eigenvalue weighted by atomic mass is 19.1. The molecule has 0 spiro atoms. The van der Waals surface area contributed by atoms with Crippen molar-refractivity contribution in [2.24, 2.45) is 0 Å². The van der Waals surface area contributed by atoms with Gasteiger partial charge in [0.25, 0.3) is 0 Å². The van der Waals surface area contributed by atoms with E-state index < -0.39 is 0 Å². The number of aromatic nitrogens is 5. The summed E-state index contributed by atoms with van der Waals surface area (Å²) in [5, 5.41) is 7.36. The Kier molecular flexibility index (Phi) is 4.15. The molecule has 1 aromatic carbocycles. The number of benzene rings is 1. The number of nitrogens with zero attached hydrogens (tertiary/aromatic N) is 5. The minimum atomic E-state index is -0.349. The number of H-pyrrole nitrogens is 1. The fourth-order valence-electron chi connectivity index (χ4n) is 3.58. The number of methoxy groups -OCH3 is 1. The first-order chi connectivity index (χ1) is 12.6. The lowest BCUT2D eigenvalue weighted by Crippen LogP contribution is -2.29. The van der Waals surface area contributed by atoms with E-state index in [1.54, 1.807) is 17.7 Å². The number of halogens is 1. The van der Waals surface area contributed by atoms with Crippen molar-refractivity contribution in [2.75, 3.05) is 18.6 Å². The molecule has 2 aromatic heterocycles. The molecular weight excluding hydrogens is 339 g/mol. The van der Waals surface area contributed by atoms with Gasteiger partial charge in [-0.15, -0.1) is 0 Å². The maximum Gasteiger partial charge on any atom is 0.343 e. The summed E-state index contributed by atoms with van der Waals surface area (Å²) in [7, 11) is 1.65. The van der Waals surface area contributed by atoms with E-state index >= 15 is 0 Å². The van der Waals surface area contributed by atoms with Gasteiger partial charge in [0.15, 0.2) is 5.82 Å². The molecule has 0 amide bonds. The zero-order chi connectivity index (χ0) is 18.3. The number of aromatic amines is 1. The van der Waals surface area contributed by atoms with Gasteiger partial charge in [-0.05, 0) is 25.1 Å².